The Hall–Kier alpha value is -2.05. The van der Waals surface area contributed by atoms with E-state index in [1.54, 1.807) is 24.3 Å². The molecule has 0 bridgehead atoms. The van der Waals surface area contributed by atoms with E-state index < -0.39 is 11.7 Å². The van der Waals surface area contributed by atoms with E-state index in [1.165, 1.54) is 11.6 Å². The van der Waals surface area contributed by atoms with Crippen molar-refractivity contribution in [3.8, 4) is 5.69 Å². The van der Waals surface area contributed by atoms with Crippen LogP contribution in [0, 0.1) is 0 Å². The Morgan fingerprint density at radius 3 is 2.25 bits per heavy atom. The molecule has 8 heteroatoms. The van der Waals surface area contributed by atoms with Crippen molar-refractivity contribution in [2.45, 2.75) is 13.1 Å². The summed E-state index contributed by atoms with van der Waals surface area (Å²) < 4.78 is 39.9. The summed E-state index contributed by atoms with van der Waals surface area (Å²) in [7, 11) is 0. The molecule has 0 radical (unpaired) electrons. The number of fused-ring (bicyclic) bond motifs is 1. The summed E-state index contributed by atoms with van der Waals surface area (Å²) in [5, 5.41) is 4.34. The maximum Gasteiger partial charge on any atom is 0.416 e. The van der Waals surface area contributed by atoms with Crippen LogP contribution in [0.3, 0.4) is 0 Å². The van der Waals surface area contributed by atoms with Crippen LogP contribution < -0.4 is 0 Å². The summed E-state index contributed by atoms with van der Waals surface area (Å²) in [6, 6.07) is 8.40. The average Bonchev–Trinajstić information content (AvgIpc) is 2.85. The van der Waals surface area contributed by atoms with Crippen LogP contribution >= 0.6 is 23.2 Å². The van der Waals surface area contributed by atoms with E-state index in [1.807, 2.05) is 0 Å². The zero-order valence-electron chi connectivity index (χ0n) is 12.2. The van der Waals surface area contributed by atoms with E-state index in [4.69, 9.17) is 23.2 Å². The van der Waals surface area contributed by atoms with Gasteiger partial charge in [0.25, 0.3) is 0 Å². The number of para-hydroxylation sites is 1. The van der Waals surface area contributed by atoms with Crippen LogP contribution in [0.25, 0.3) is 16.6 Å². The van der Waals surface area contributed by atoms with Crippen LogP contribution in [-0.4, -0.2) is 15.6 Å². The first-order chi connectivity index (χ1) is 11.2. The predicted octanol–water partition coefficient (Wildman–Crippen LogP) is 5.55. The van der Waals surface area contributed by atoms with Crippen molar-refractivity contribution in [3.63, 3.8) is 0 Å². The molecular weight excluding hydrogens is 364 g/mol. The zero-order chi connectivity index (χ0) is 17.6. The lowest BCUT2D eigenvalue weighted by atomic mass is 10.1. The maximum absolute atomic E-state index is 12.9. The second-order valence-corrected chi connectivity index (χ2v) is 5.93. The quantitative estimate of drug-likeness (QED) is 0.552. The summed E-state index contributed by atoms with van der Waals surface area (Å²) in [6.07, 6.45) is -4.57. The van der Waals surface area contributed by atoms with Gasteiger partial charge < -0.3 is 0 Å². The molecule has 0 aliphatic carbocycles. The molecular formula is C16H9Cl2F3N2O. The normalized spacial score (nSPS) is 11.9. The summed E-state index contributed by atoms with van der Waals surface area (Å²) in [6.45, 7) is 1.36. The molecule has 0 saturated carbocycles. The molecule has 2 aromatic carbocycles. The second-order valence-electron chi connectivity index (χ2n) is 5.12. The smallest absolute Gasteiger partial charge is 0.293 e. The number of carbonyl (C=O) groups excluding carboxylic acids is 1. The molecule has 1 aromatic heterocycles. The Balaban J connectivity index is 2.31. The first kappa shape index (κ1) is 16.8. The molecule has 24 heavy (non-hydrogen) atoms. The van der Waals surface area contributed by atoms with Gasteiger partial charge in [-0.1, -0.05) is 41.4 Å². The molecule has 0 aliphatic heterocycles. The van der Waals surface area contributed by atoms with Gasteiger partial charge in [-0.05, 0) is 18.2 Å². The number of aromatic nitrogens is 2. The summed E-state index contributed by atoms with van der Waals surface area (Å²) in [5.74, 6) is -0.274. The summed E-state index contributed by atoms with van der Waals surface area (Å²) in [4.78, 5) is 11.8. The van der Waals surface area contributed by atoms with Gasteiger partial charge in [-0.15, -0.1) is 0 Å². The highest BCUT2D eigenvalue weighted by Gasteiger charge is 2.32. The lowest BCUT2D eigenvalue weighted by Crippen LogP contribution is -2.07. The number of rotatable bonds is 2. The molecule has 124 valence electrons. The first-order valence-corrected chi connectivity index (χ1v) is 7.51. The molecule has 3 aromatic rings. The third-order valence-corrected chi connectivity index (χ3v) is 4.05. The minimum absolute atomic E-state index is 0.0926. The van der Waals surface area contributed by atoms with Crippen molar-refractivity contribution in [1.29, 1.82) is 0 Å². The van der Waals surface area contributed by atoms with Gasteiger partial charge in [0.05, 0.1) is 21.1 Å². The molecule has 0 aliphatic rings. The van der Waals surface area contributed by atoms with Gasteiger partial charge in [-0.3, -0.25) is 4.79 Å². The molecule has 0 unspecified atom stereocenters. The fraction of sp³-hybridized carbons (Fsp3) is 0.125. The van der Waals surface area contributed by atoms with Gasteiger partial charge in [0.15, 0.2) is 5.78 Å². The van der Waals surface area contributed by atoms with Gasteiger partial charge in [0.2, 0.25) is 0 Å². The lowest BCUT2D eigenvalue weighted by molar-refractivity contribution is -0.137. The number of carbonyl (C=O) groups is 1. The number of hydrogen-bond donors (Lipinski definition) is 0. The third kappa shape index (κ3) is 2.76. The summed E-state index contributed by atoms with van der Waals surface area (Å²) in [5.41, 5.74) is -0.150. The number of benzene rings is 2. The fourth-order valence-electron chi connectivity index (χ4n) is 2.43. The minimum atomic E-state index is -4.57. The van der Waals surface area contributed by atoms with E-state index in [0.29, 0.717) is 10.9 Å². The van der Waals surface area contributed by atoms with Gasteiger partial charge in [0.1, 0.15) is 11.4 Å². The second kappa shape index (κ2) is 5.79. The van der Waals surface area contributed by atoms with E-state index in [0.717, 1.165) is 12.1 Å². The Labute approximate surface area is 144 Å². The van der Waals surface area contributed by atoms with E-state index in [-0.39, 0.29) is 27.2 Å². The highest BCUT2D eigenvalue weighted by Crippen LogP contribution is 2.38. The third-order valence-electron chi connectivity index (χ3n) is 3.48. The monoisotopic (exact) mass is 372 g/mol. The van der Waals surface area contributed by atoms with Crippen LogP contribution in [0.4, 0.5) is 13.2 Å². The Morgan fingerprint density at radius 2 is 1.71 bits per heavy atom. The summed E-state index contributed by atoms with van der Waals surface area (Å²) >= 11 is 12.1. The number of alkyl halides is 3. The zero-order valence-corrected chi connectivity index (χ0v) is 13.7. The van der Waals surface area contributed by atoms with Gasteiger partial charge in [0, 0.05) is 12.3 Å². The molecule has 3 nitrogen and oxygen atoms in total. The topological polar surface area (TPSA) is 34.9 Å². The highest BCUT2D eigenvalue weighted by atomic mass is 35.5. The molecule has 0 amide bonds. The van der Waals surface area contributed by atoms with Crippen molar-refractivity contribution in [3.05, 3.63) is 57.7 Å². The van der Waals surface area contributed by atoms with Gasteiger partial charge in [-0.25, -0.2) is 4.68 Å². The van der Waals surface area contributed by atoms with Crippen LogP contribution in [0.15, 0.2) is 36.4 Å². The fourth-order valence-corrected chi connectivity index (χ4v) is 3.08. The number of halogens is 5. The predicted molar refractivity (Wildman–Crippen MR) is 86.1 cm³/mol. The number of Topliss-reactive ketones (excluding diaryl/α,β-unsaturated/α-hetero) is 1. The van der Waals surface area contributed by atoms with Crippen LogP contribution in [0.1, 0.15) is 23.0 Å². The molecule has 0 saturated heterocycles. The highest BCUT2D eigenvalue weighted by molar-refractivity contribution is 6.38. The molecule has 0 spiro atoms. The van der Waals surface area contributed by atoms with Gasteiger partial charge in [-0.2, -0.15) is 18.3 Å². The van der Waals surface area contributed by atoms with E-state index >= 15 is 0 Å². The average molecular weight is 373 g/mol. The molecule has 1 heterocycles. The SMILES string of the molecule is CC(=O)c1nn(-c2c(Cl)cc(C(F)(F)F)cc2Cl)c2ccccc12. The van der Waals surface area contributed by atoms with E-state index in [9.17, 15) is 18.0 Å². The Morgan fingerprint density at radius 1 is 1.12 bits per heavy atom. The molecule has 0 atom stereocenters. The van der Waals surface area contributed by atoms with Crippen molar-refractivity contribution >= 4 is 39.9 Å². The first-order valence-electron chi connectivity index (χ1n) is 6.75. The largest absolute Gasteiger partial charge is 0.416 e. The number of hydrogen-bond acceptors (Lipinski definition) is 2. The molecule has 3 rings (SSSR count). The maximum atomic E-state index is 12.9. The molecule has 0 N–H and O–H groups in total. The van der Waals surface area contributed by atoms with E-state index in [2.05, 4.69) is 5.10 Å². The van der Waals surface area contributed by atoms with Crippen molar-refractivity contribution < 1.29 is 18.0 Å². The lowest BCUT2D eigenvalue weighted by Gasteiger charge is -2.13. The van der Waals surface area contributed by atoms with Crippen LogP contribution in [0.2, 0.25) is 10.0 Å². The van der Waals surface area contributed by atoms with Crippen LogP contribution in [0.5, 0.6) is 0 Å². The molecule has 0 fully saturated rings. The standard InChI is InChI=1S/C16H9Cl2F3N2O/c1-8(24)14-10-4-2-3-5-13(10)23(22-14)15-11(17)6-9(7-12(15)18)16(19,20)21/h2-7H,1H3. The van der Waals surface area contributed by atoms with Crippen molar-refractivity contribution in [1.82, 2.24) is 9.78 Å². The number of ketones is 1. The van der Waals surface area contributed by atoms with Crippen molar-refractivity contribution in [2.75, 3.05) is 0 Å². The van der Waals surface area contributed by atoms with Crippen LogP contribution in [-0.2, 0) is 6.18 Å². The Kier molecular flexibility index (Phi) is 4.05. The Bertz CT molecular complexity index is 941. The van der Waals surface area contributed by atoms with Gasteiger partial charge >= 0.3 is 6.18 Å². The number of nitrogens with zero attached hydrogens (tertiary/aromatic N) is 2. The van der Waals surface area contributed by atoms with Crippen molar-refractivity contribution in [2.24, 2.45) is 0 Å². The minimum Gasteiger partial charge on any atom is -0.293 e.